The lowest BCUT2D eigenvalue weighted by molar-refractivity contribution is -0.125. The second kappa shape index (κ2) is 8.14. The Morgan fingerprint density at radius 3 is 2.70 bits per heavy atom. The highest BCUT2D eigenvalue weighted by molar-refractivity contribution is 5.83. The molecule has 5 nitrogen and oxygen atoms in total. The summed E-state index contributed by atoms with van der Waals surface area (Å²) >= 11 is 0. The normalized spacial score (nSPS) is 12.2. The topological polar surface area (TPSA) is 50.2 Å². The molecule has 0 radical (unpaired) electrons. The molecule has 1 N–H and O–H groups in total. The van der Waals surface area contributed by atoms with Gasteiger partial charge in [0.05, 0.1) is 11.9 Å². The largest absolute Gasteiger partial charge is 0.350 e. The van der Waals surface area contributed by atoms with Gasteiger partial charge in [-0.15, -0.1) is 0 Å². The summed E-state index contributed by atoms with van der Waals surface area (Å²) < 4.78 is 15.3. The van der Waals surface area contributed by atoms with Crippen molar-refractivity contribution in [3.63, 3.8) is 0 Å². The van der Waals surface area contributed by atoms with Crippen LogP contribution in [0.1, 0.15) is 22.7 Å². The van der Waals surface area contributed by atoms with Gasteiger partial charge in [-0.05, 0) is 50.3 Å². The standard InChI is InChI=1S/C21H23FN4O/c1-15-7-4-5-10-19(15)26-14-16(13-24-26)12-23-21(27)20(25(2)3)17-8-6-9-18(22)11-17/h4-11,13-14,20H,12H2,1-3H3,(H,23,27)/t20-/m1/s1. The van der Waals surface area contributed by atoms with E-state index in [2.05, 4.69) is 10.4 Å². The molecule has 1 amide bonds. The van der Waals surface area contributed by atoms with Crippen LogP contribution in [-0.4, -0.2) is 34.7 Å². The molecule has 2 aromatic carbocycles. The van der Waals surface area contributed by atoms with Crippen LogP contribution in [0.2, 0.25) is 0 Å². The number of benzene rings is 2. The van der Waals surface area contributed by atoms with E-state index in [0.29, 0.717) is 12.1 Å². The van der Waals surface area contributed by atoms with E-state index in [1.165, 1.54) is 12.1 Å². The van der Waals surface area contributed by atoms with Crippen molar-refractivity contribution in [2.24, 2.45) is 0 Å². The molecule has 0 saturated carbocycles. The molecule has 0 aliphatic carbocycles. The Bertz CT molecular complexity index is 935. The zero-order chi connectivity index (χ0) is 19.4. The second-order valence-electron chi connectivity index (χ2n) is 6.72. The molecule has 0 saturated heterocycles. The summed E-state index contributed by atoms with van der Waals surface area (Å²) in [6.07, 6.45) is 3.63. The van der Waals surface area contributed by atoms with E-state index in [4.69, 9.17) is 0 Å². The molecule has 1 aromatic heterocycles. The molecule has 0 fully saturated rings. The van der Waals surface area contributed by atoms with Gasteiger partial charge in [-0.25, -0.2) is 9.07 Å². The first-order valence-corrected chi connectivity index (χ1v) is 8.75. The lowest BCUT2D eigenvalue weighted by atomic mass is 10.0. The van der Waals surface area contributed by atoms with Crippen molar-refractivity contribution in [1.29, 1.82) is 0 Å². The Morgan fingerprint density at radius 2 is 2.00 bits per heavy atom. The van der Waals surface area contributed by atoms with Gasteiger partial charge in [0.1, 0.15) is 11.9 Å². The fourth-order valence-electron chi connectivity index (χ4n) is 3.05. The first-order chi connectivity index (χ1) is 13.0. The molecule has 0 unspecified atom stereocenters. The number of carbonyl (C=O) groups excluding carboxylic acids is 1. The molecule has 0 aliphatic rings. The SMILES string of the molecule is Cc1ccccc1-n1cc(CNC(=O)[C@@H](c2cccc(F)c2)N(C)C)cn1. The van der Waals surface area contributed by atoms with E-state index >= 15 is 0 Å². The highest BCUT2D eigenvalue weighted by Gasteiger charge is 2.23. The lowest BCUT2D eigenvalue weighted by Crippen LogP contribution is -2.36. The maximum atomic E-state index is 13.5. The van der Waals surface area contributed by atoms with Crippen molar-refractivity contribution in [3.05, 3.63) is 83.4 Å². The third kappa shape index (κ3) is 4.41. The summed E-state index contributed by atoms with van der Waals surface area (Å²) in [6, 6.07) is 13.5. The Hall–Kier alpha value is -2.99. The van der Waals surface area contributed by atoms with Crippen molar-refractivity contribution in [2.75, 3.05) is 14.1 Å². The maximum Gasteiger partial charge on any atom is 0.242 e. The predicted octanol–water partition coefficient (Wildman–Crippen LogP) is 3.24. The second-order valence-corrected chi connectivity index (χ2v) is 6.72. The number of likely N-dealkylation sites (N-methyl/N-ethyl adjacent to an activating group) is 1. The minimum absolute atomic E-state index is 0.186. The maximum absolute atomic E-state index is 13.5. The fourth-order valence-corrected chi connectivity index (χ4v) is 3.05. The van der Waals surface area contributed by atoms with Crippen molar-refractivity contribution < 1.29 is 9.18 Å². The van der Waals surface area contributed by atoms with Crippen molar-refractivity contribution in [2.45, 2.75) is 19.5 Å². The third-order valence-electron chi connectivity index (χ3n) is 4.39. The van der Waals surface area contributed by atoms with Crippen LogP contribution >= 0.6 is 0 Å². The number of carbonyl (C=O) groups is 1. The summed E-state index contributed by atoms with van der Waals surface area (Å²) in [4.78, 5) is 14.5. The van der Waals surface area contributed by atoms with Crippen LogP contribution in [0, 0.1) is 12.7 Å². The molecular formula is C21H23FN4O. The molecule has 6 heteroatoms. The first-order valence-electron chi connectivity index (χ1n) is 8.75. The van der Waals surface area contributed by atoms with E-state index < -0.39 is 6.04 Å². The Balaban J connectivity index is 1.70. The zero-order valence-corrected chi connectivity index (χ0v) is 15.7. The predicted molar refractivity (Wildman–Crippen MR) is 103 cm³/mol. The number of aryl methyl sites for hydroxylation is 1. The van der Waals surface area contributed by atoms with E-state index in [1.807, 2.05) is 37.4 Å². The molecule has 27 heavy (non-hydrogen) atoms. The van der Waals surface area contributed by atoms with E-state index in [9.17, 15) is 9.18 Å². The minimum atomic E-state index is -0.563. The van der Waals surface area contributed by atoms with Crippen LogP contribution in [0.15, 0.2) is 60.9 Å². The zero-order valence-electron chi connectivity index (χ0n) is 15.7. The van der Waals surface area contributed by atoms with Crippen molar-refractivity contribution in [3.8, 4) is 5.69 Å². The Morgan fingerprint density at radius 1 is 1.22 bits per heavy atom. The van der Waals surface area contributed by atoms with E-state index in [-0.39, 0.29) is 11.7 Å². The number of hydrogen-bond donors (Lipinski definition) is 1. The monoisotopic (exact) mass is 366 g/mol. The fraction of sp³-hybridized carbons (Fsp3) is 0.238. The highest BCUT2D eigenvalue weighted by Crippen LogP contribution is 2.20. The van der Waals surface area contributed by atoms with Gasteiger partial charge < -0.3 is 5.32 Å². The molecule has 0 spiro atoms. The molecular weight excluding hydrogens is 343 g/mol. The van der Waals surface area contributed by atoms with E-state index in [1.54, 1.807) is 42.0 Å². The molecule has 3 aromatic rings. The van der Waals surface area contributed by atoms with Gasteiger partial charge in [-0.2, -0.15) is 5.10 Å². The van der Waals surface area contributed by atoms with Crippen LogP contribution in [-0.2, 0) is 11.3 Å². The minimum Gasteiger partial charge on any atom is -0.350 e. The van der Waals surface area contributed by atoms with Crippen molar-refractivity contribution >= 4 is 5.91 Å². The van der Waals surface area contributed by atoms with Gasteiger partial charge in [0.15, 0.2) is 0 Å². The number of nitrogens with one attached hydrogen (secondary N) is 1. The third-order valence-corrected chi connectivity index (χ3v) is 4.39. The van der Waals surface area contributed by atoms with Crippen molar-refractivity contribution in [1.82, 2.24) is 20.0 Å². The van der Waals surface area contributed by atoms with Gasteiger partial charge in [-0.3, -0.25) is 9.69 Å². The molecule has 1 heterocycles. The van der Waals surface area contributed by atoms with Crippen LogP contribution in [0.3, 0.4) is 0 Å². The molecule has 0 aliphatic heterocycles. The number of aromatic nitrogens is 2. The Kier molecular flexibility index (Phi) is 5.66. The number of halogens is 1. The van der Waals surface area contributed by atoms with Crippen LogP contribution < -0.4 is 5.32 Å². The molecule has 3 rings (SSSR count). The number of nitrogens with zero attached hydrogens (tertiary/aromatic N) is 3. The van der Waals surface area contributed by atoms with Gasteiger partial charge in [0, 0.05) is 18.3 Å². The van der Waals surface area contributed by atoms with E-state index in [0.717, 1.165) is 16.8 Å². The smallest absolute Gasteiger partial charge is 0.242 e. The average Bonchev–Trinajstić information content (AvgIpc) is 3.09. The molecule has 0 bridgehead atoms. The summed E-state index contributed by atoms with van der Waals surface area (Å²) in [5.74, 6) is -0.541. The summed E-state index contributed by atoms with van der Waals surface area (Å²) in [5.41, 5.74) is 3.63. The molecule has 140 valence electrons. The number of para-hydroxylation sites is 1. The highest BCUT2D eigenvalue weighted by atomic mass is 19.1. The Labute approximate surface area is 158 Å². The lowest BCUT2D eigenvalue weighted by Gasteiger charge is -2.23. The van der Waals surface area contributed by atoms with Gasteiger partial charge >= 0.3 is 0 Å². The van der Waals surface area contributed by atoms with Crippen LogP contribution in [0.25, 0.3) is 5.69 Å². The van der Waals surface area contributed by atoms with Crippen LogP contribution in [0.5, 0.6) is 0 Å². The summed E-state index contributed by atoms with van der Waals surface area (Å²) in [7, 11) is 3.59. The summed E-state index contributed by atoms with van der Waals surface area (Å²) in [6.45, 7) is 2.38. The van der Waals surface area contributed by atoms with Gasteiger partial charge in [0.2, 0.25) is 5.91 Å². The first kappa shape index (κ1) is 18.8. The van der Waals surface area contributed by atoms with Crippen LogP contribution in [0.4, 0.5) is 4.39 Å². The number of hydrogen-bond acceptors (Lipinski definition) is 3. The number of rotatable bonds is 6. The summed E-state index contributed by atoms with van der Waals surface area (Å²) in [5, 5.41) is 7.30. The number of amides is 1. The van der Waals surface area contributed by atoms with Gasteiger partial charge in [-0.1, -0.05) is 30.3 Å². The quantitative estimate of drug-likeness (QED) is 0.729. The van der Waals surface area contributed by atoms with Gasteiger partial charge in [0.25, 0.3) is 0 Å². The molecule has 1 atom stereocenters. The average molecular weight is 366 g/mol.